The van der Waals surface area contributed by atoms with E-state index >= 15 is 0 Å². The molecule has 0 bridgehead atoms. The maximum Gasteiger partial charge on any atom is 0.254 e. The molecule has 2 rings (SSSR count). The number of aliphatic hydroxyl groups is 1. The van der Waals surface area contributed by atoms with E-state index in [4.69, 9.17) is 27.9 Å². The molecule has 4 nitrogen and oxygen atoms in total. The van der Waals surface area contributed by atoms with Gasteiger partial charge in [0.15, 0.2) is 5.75 Å². The highest BCUT2D eigenvalue weighted by Crippen LogP contribution is 2.34. The Bertz CT molecular complexity index is 494. The lowest BCUT2D eigenvalue weighted by Gasteiger charge is -2.19. The average Bonchev–Trinajstić information content (AvgIpc) is 2.68. The summed E-state index contributed by atoms with van der Waals surface area (Å²) in [6, 6.07) is 3.06. The lowest BCUT2D eigenvalue weighted by Crippen LogP contribution is -2.33. The number of amides is 1. The number of hydrogen-bond acceptors (Lipinski definition) is 3. The van der Waals surface area contributed by atoms with Gasteiger partial charge in [0, 0.05) is 18.7 Å². The number of hydrogen-bond donors (Lipinski definition) is 1. The maximum atomic E-state index is 12.3. The minimum absolute atomic E-state index is 0.191. The third-order valence-corrected chi connectivity index (χ3v) is 3.75. The van der Waals surface area contributed by atoms with E-state index in [2.05, 4.69) is 0 Å². The number of likely N-dealkylation sites (tertiary alicyclic amines) is 1. The van der Waals surface area contributed by atoms with Gasteiger partial charge in [-0.05, 0) is 25.5 Å². The number of rotatable bonds is 2. The van der Waals surface area contributed by atoms with Gasteiger partial charge in [0.2, 0.25) is 0 Å². The molecule has 1 heterocycles. The largest absolute Gasteiger partial charge is 0.494 e. The molecule has 0 saturated carbocycles. The Balaban J connectivity index is 2.26. The minimum atomic E-state index is -0.824. The molecule has 0 radical (unpaired) electrons. The first-order valence-corrected chi connectivity index (χ1v) is 6.64. The van der Waals surface area contributed by atoms with Crippen LogP contribution in [0.25, 0.3) is 0 Å². The first-order valence-electron chi connectivity index (χ1n) is 5.89. The van der Waals surface area contributed by atoms with Crippen molar-refractivity contribution in [2.75, 3.05) is 20.2 Å². The molecule has 1 fully saturated rings. The summed E-state index contributed by atoms with van der Waals surface area (Å²) >= 11 is 12.0. The highest BCUT2D eigenvalue weighted by molar-refractivity contribution is 6.37. The Kier molecular flexibility index (Phi) is 3.95. The van der Waals surface area contributed by atoms with Crippen molar-refractivity contribution < 1.29 is 14.6 Å². The average molecular weight is 304 g/mol. The Labute approximate surface area is 121 Å². The topological polar surface area (TPSA) is 49.8 Å². The Morgan fingerprint density at radius 1 is 1.42 bits per heavy atom. The van der Waals surface area contributed by atoms with E-state index in [9.17, 15) is 9.90 Å². The second-order valence-corrected chi connectivity index (χ2v) is 5.76. The van der Waals surface area contributed by atoms with Crippen molar-refractivity contribution in [2.24, 2.45) is 0 Å². The van der Waals surface area contributed by atoms with E-state index < -0.39 is 5.60 Å². The van der Waals surface area contributed by atoms with E-state index in [1.54, 1.807) is 11.8 Å². The zero-order valence-corrected chi connectivity index (χ0v) is 12.3. The molecule has 1 aromatic rings. The van der Waals surface area contributed by atoms with Crippen LogP contribution >= 0.6 is 23.2 Å². The zero-order chi connectivity index (χ0) is 14.2. The van der Waals surface area contributed by atoms with Crippen LogP contribution in [0.4, 0.5) is 0 Å². The monoisotopic (exact) mass is 303 g/mol. The predicted octanol–water partition coefficient (Wildman–Crippen LogP) is 2.60. The third kappa shape index (κ3) is 2.96. The van der Waals surface area contributed by atoms with Crippen molar-refractivity contribution >= 4 is 29.1 Å². The van der Waals surface area contributed by atoms with Gasteiger partial charge in [-0.25, -0.2) is 0 Å². The molecular formula is C13H15Cl2NO3. The second kappa shape index (κ2) is 5.19. The summed E-state index contributed by atoms with van der Waals surface area (Å²) < 4.78 is 5.04. The fourth-order valence-electron chi connectivity index (χ4n) is 2.18. The molecule has 0 aromatic heterocycles. The van der Waals surface area contributed by atoms with Gasteiger partial charge in [-0.1, -0.05) is 23.2 Å². The third-order valence-electron chi connectivity index (χ3n) is 3.19. The summed E-state index contributed by atoms with van der Waals surface area (Å²) in [7, 11) is 1.46. The summed E-state index contributed by atoms with van der Waals surface area (Å²) in [6.07, 6.45) is 0.566. The van der Waals surface area contributed by atoms with Crippen molar-refractivity contribution in [3.63, 3.8) is 0 Å². The number of β-amino-alcohol motifs (C(OH)–C–C–N with tert-alkyl or cyclic N) is 1. The van der Waals surface area contributed by atoms with Crippen molar-refractivity contribution in [1.29, 1.82) is 0 Å². The smallest absolute Gasteiger partial charge is 0.254 e. The first-order chi connectivity index (χ1) is 8.84. The molecule has 6 heteroatoms. The molecule has 19 heavy (non-hydrogen) atoms. The van der Waals surface area contributed by atoms with Crippen LogP contribution in [0.15, 0.2) is 12.1 Å². The maximum absolute atomic E-state index is 12.3. The molecule has 0 aliphatic carbocycles. The van der Waals surface area contributed by atoms with E-state index in [1.165, 1.54) is 19.2 Å². The van der Waals surface area contributed by atoms with Crippen molar-refractivity contribution in [1.82, 2.24) is 4.90 Å². The second-order valence-electron chi connectivity index (χ2n) is 4.95. The molecule has 1 aliphatic rings. The van der Waals surface area contributed by atoms with Crippen LogP contribution in [0.1, 0.15) is 23.7 Å². The number of benzene rings is 1. The van der Waals surface area contributed by atoms with Crippen molar-refractivity contribution in [3.8, 4) is 5.75 Å². The number of methoxy groups -OCH3 is 1. The van der Waals surface area contributed by atoms with Gasteiger partial charge in [0.05, 0.1) is 22.8 Å². The molecule has 1 aliphatic heterocycles. The van der Waals surface area contributed by atoms with Gasteiger partial charge in [-0.2, -0.15) is 0 Å². The number of carbonyl (C=O) groups is 1. The molecular weight excluding hydrogens is 289 g/mol. The van der Waals surface area contributed by atoms with Crippen molar-refractivity contribution in [2.45, 2.75) is 18.9 Å². The van der Waals surface area contributed by atoms with Crippen LogP contribution in [0.5, 0.6) is 5.75 Å². The van der Waals surface area contributed by atoms with E-state index in [0.29, 0.717) is 40.9 Å². The van der Waals surface area contributed by atoms with Gasteiger partial charge in [0.25, 0.3) is 5.91 Å². The van der Waals surface area contributed by atoms with Gasteiger partial charge in [-0.3, -0.25) is 4.79 Å². The van der Waals surface area contributed by atoms with Gasteiger partial charge in [0.1, 0.15) is 0 Å². The molecule has 0 spiro atoms. The summed E-state index contributed by atoms with van der Waals surface area (Å²) in [5.41, 5.74) is -0.427. The number of nitrogens with zero attached hydrogens (tertiary/aromatic N) is 1. The normalized spacial score (nSPS) is 22.7. The van der Waals surface area contributed by atoms with Gasteiger partial charge in [-0.15, -0.1) is 0 Å². The molecule has 1 unspecified atom stereocenters. The highest BCUT2D eigenvalue weighted by atomic mass is 35.5. The van der Waals surface area contributed by atoms with Gasteiger partial charge >= 0.3 is 0 Å². The molecule has 1 amide bonds. The zero-order valence-electron chi connectivity index (χ0n) is 10.7. The van der Waals surface area contributed by atoms with E-state index in [-0.39, 0.29) is 5.91 Å². The quantitative estimate of drug-likeness (QED) is 0.913. The minimum Gasteiger partial charge on any atom is -0.494 e. The van der Waals surface area contributed by atoms with Crippen molar-refractivity contribution in [3.05, 3.63) is 27.7 Å². The van der Waals surface area contributed by atoms with E-state index in [0.717, 1.165) is 0 Å². The number of ether oxygens (including phenoxy) is 1. The van der Waals surface area contributed by atoms with E-state index in [1.807, 2.05) is 0 Å². The fourth-order valence-corrected chi connectivity index (χ4v) is 2.82. The Morgan fingerprint density at radius 3 is 2.42 bits per heavy atom. The summed E-state index contributed by atoms with van der Waals surface area (Å²) in [6.45, 7) is 2.55. The lowest BCUT2D eigenvalue weighted by atomic mass is 10.1. The molecule has 1 aromatic carbocycles. The Morgan fingerprint density at radius 2 is 2.00 bits per heavy atom. The van der Waals surface area contributed by atoms with Crippen LogP contribution < -0.4 is 4.74 Å². The highest BCUT2D eigenvalue weighted by Gasteiger charge is 2.34. The summed E-state index contributed by atoms with van der Waals surface area (Å²) in [5, 5.41) is 10.5. The molecule has 104 valence electrons. The standard InChI is InChI=1S/C13H15Cl2NO3/c1-13(18)3-4-16(7-13)12(17)8-5-9(14)11(19-2)10(15)6-8/h5-6,18H,3-4,7H2,1-2H3. The molecule has 1 N–H and O–H groups in total. The van der Waals surface area contributed by atoms with Gasteiger partial charge < -0.3 is 14.7 Å². The number of halogens is 2. The molecule has 1 atom stereocenters. The fraction of sp³-hybridized carbons (Fsp3) is 0.462. The SMILES string of the molecule is COc1c(Cl)cc(C(=O)N2CCC(C)(O)C2)cc1Cl. The first kappa shape index (κ1) is 14.4. The summed E-state index contributed by atoms with van der Waals surface area (Å²) in [4.78, 5) is 13.9. The van der Waals surface area contributed by atoms with Crippen LogP contribution in [-0.4, -0.2) is 41.7 Å². The van der Waals surface area contributed by atoms with Crippen LogP contribution in [0.3, 0.4) is 0 Å². The lowest BCUT2D eigenvalue weighted by molar-refractivity contribution is 0.0572. The molecule has 1 saturated heterocycles. The van der Waals surface area contributed by atoms with Crippen LogP contribution in [0.2, 0.25) is 10.0 Å². The predicted molar refractivity (Wildman–Crippen MR) is 74.2 cm³/mol. The Hall–Kier alpha value is -0.970. The van der Waals surface area contributed by atoms with Crippen LogP contribution in [-0.2, 0) is 0 Å². The summed E-state index contributed by atoms with van der Waals surface area (Å²) in [5.74, 6) is 0.164. The van der Waals surface area contributed by atoms with Crippen LogP contribution in [0, 0.1) is 0 Å². The number of carbonyl (C=O) groups excluding carboxylic acids is 1.